The van der Waals surface area contributed by atoms with Gasteiger partial charge in [-0.25, -0.2) is 9.97 Å². The zero-order valence-electron chi connectivity index (χ0n) is 29.1. The standard InChI is InChI=1S/C40H36N6O6S/c1-40(2,23-3-8-28(9-4-23)51-21-26-15-16-42-36(44-26)34-20-41-22-53-34)24-5-10-29(11-6-24)52-30-17-27(18-30)43-25-7-12-31-32(19-25)39(50)46(38(31)49)33-13-14-35(47)45-37(33)48/h3-12,15-16,19-20,22,27,30,33,43H,13-14,17-18,21H2,1-2H3,(H,45,47,48)/t27-,30-,33?. The quantitative estimate of drug-likeness (QED) is 0.157. The lowest BCUT2D eigenvalue weighted by Crippen LogP contribution is -2.54. The van der Waals surface area contributed by atoms with E-state index in [-0.39, 0.29) is 41.5 Å². The highest BCUT2D eigenvalue weighted by Gasteiger charge is 2.45. The Labute approximate surface area is 309 Å². The van der Waals surface area contributed by atoms with Crippen LogP contribution in [-0.2, 0) is 21.6 Å². The van der Waals surface area contributed by atoms with E-state index in [1.807, 2.05) is 30.3 Å². The third-order valence-corrected chi connectivity index (χ3v) is 10.9. The molecule has 2 aliphatic heterocycles. The molecule has 1 atom stereocenters. The first kappa shape index (κ1) is 34.2. The van der Waals surface area contributed by atoms with E-state index in [2.05, 4.69) is 63.7 Å². The monoisotopic (exact) mass is 728 g/mol. The van der Waals surface area contributed by atoms with Crippen LogP contribution in [0.5, 0.6) is 11.5 Å². The van der Waals surface area contributed by atoms with Gasteiger partial charge >= 0.3 is 0 Å². The molecule has 3 aliphatic rings. The van der Waals surface area contributed by atoms with E-state index in [0.717, 1.165) is 56.6 Å². The average molecular weight is 729 g/mol. The lowest BCUT2D eigenvalue weighted by Gasteiger charge is -2.36. The van der Waals surface area contributed by atoms with E-state index in [0.29, 0.717) is 12.4 Å². The van der Waals surface area contributed by atoms with E-state index < -0.39 is 29.7 Å². The first-order valence-corrected chi connectivity index (χ1v) is 18.3. The topological polar surface area (TPSA) is 153 Å². The van der Waals surface area contributed by atoms with Gasteiger partial charge in [0.25, 0.3) is 11.8 Å². The molecule has 2 N–H and O–H groups in total. The number of imide groups is 2. The van der Waals surface area contributed by atoms with Crippen molar-refractivity contribution in [2.45, 2.75) is 69.7 Å². The van der Waals surface area contributed by atoms with Crippen LogP contribution in [0.3, 0.4) is 0 Å². The highest BCUT2D eigenvalue weighted by molar-refractivity contribution is 7.13. The van der Waals surface area contributed by atoms with Gasteiger partial charge in [0.2, 0.25) is 11.8 Å². The summed E-state index contributed by atoms with van der Waals surface area (Å²) in [5.74, 6) is 0.145. The number of aromatic nitrogens is 3. The zero-order valence-corrected chi connectivity index (χ0v) is 29.9. The zero-order chi connectivity index (χ0) is 36.7. The number of ether oxygens (including phenoxy) is 2. The Morgan fingerprint density at radius 1 is 0.906 bits per heavy atom. The molecule has 8 rings (SSSR count). The van der Waals surface area contributed by atoms with Gasteiger partial charge in [0.15, 0.2) is 5.82 Å². The van der Waals surface area contributed by atoms with E-state index in [4.69, 9.17) is 9.47 Å². The maximum absolute atomic E-state index is 13.2. The smallest absolute Gasteiger partial charge is 0.262 e. The summed E-state index contributed by atoms with van der Waals surface area (Å²) in [4.78, 5) is 65.0. The SMILES string of the molecule is CC(C)(c1ccc(OCc2ccnc(-c3cncs3)n2)cc1)c1ccc(O[C@H]2C[C@H](Nc3ccc4c(c3)C(=O)N(C3CCC(=O)NC3=O)C4=O)C2)cc1. The minimum Gasteiger partial charge on any atom is -0.490 e. The van der Waals surface area contributed by atoms with Crippen molar-refractivity contribution in [2.75, 3.05) is 5.32 Å². The molecular formula is C40H36N6O6S. The van der Waals surface area contributed by atoms with Crippen molar-refractivity contribution in [3.63, 3.8) is 0 Å². The average Bonchev–Trinajstić information content (AvgIpc) is 3.77. The summed E-state index contributed by atoms with van der Waals surface area (Å²) in [7, 11) is 0. The van der Waals surface area contributed by atoms with Gasteiger partial charge < -0.3 is 14.8 Å². The molecule has 4 heterocycles. The molecule has 0 radical (unpaired) electrons. The lowest BCUT2D eigenvalue weighted by molar-refractivity contribution is -0.136. The summed E-state index contributed by atoms with van der Waals surface area (Å²) >= 11 is 1.50. The fourth-order valence-corrected chi connectivity index (χ4v) is 7.49. The van der Waals surface area contributed by atoms with Crippen LogP contribution in [0, 0.1) is 0 Å². The fraction of sp³-hybridized carbons (Fsp3) is 0.275. The Morgan fingerprint density at radius 2 is 1.62 bits per heavy atom. The van der Waals surface area contributed by atoms with Crippen molar-refractivity contribution in [3.8, 4) is 22.2 Å². The molecule has 0 spiro atoms. The molecule has 13 heteroatoms. The van der Waals surface area contributed by atoms with Crippen molar-refractivity contribution < 1.29 is 28.7 Å². The second-order valence-electron chi connectivity index (χ2n) is 14.0. The summed E-state index contributed by atoms with van der Waals surface area (Å²) in [6.07, 6.45) is 5.29. The Morgan fingerprint density at radius 3 is 2.32 bits per heavy atom. The van der Waals surface area contributed by atoms with Crippen LogP contribution in [0.25, 0.3) is 10.7 Å². The number of nitrogens with zero attached hydrogens (tertiary/aromatic N) is 4. The highest BCUT2D eigenvalue weighted by Crippen LogP contribution is 2.36. The lowest BCUT2D eigenvalue weighted by atomic mass is 9.78. The number of carbonyl (C=O) groups is 4. The first-order valence-electron chi connectivity index (χ1n) is 17.5. The molecule has 53 heavy (non-hydrogen) atoms. The maximum atomic E-state index is 13.2. The van der Waals surface area contributed by atoms with Gasteiger partial charge in [0.1, 0.15) is 30.3 Å². The molecule has 12 nitrogen and oxygen atoms in total. The molecule has 1 saturated carbocycles. The third kappa shape index (κ3) is 6.87. The number of thiazole rings is 1. The van der Waals surface area contributed by atoms with Crippen molar-refractivity contribution in [3.05, 3.63) is 119 Å². The molecule has 4 amide bonds. The van der Waals surface area contributed by atoms with Gasteiger partial charge in [-0.2, -0.15) is 0 Å². The molecule has 268 valence electrons. The van der Waals surface area contributed by atoms with Gasteiger partial charge in [-0.05, 0) is 66.1 Å². The number of benzene rings is 3. The molecule has 3 aromatic carbocycles. The number of piperidine rings is 1. The van der Waals surface area contributed by atoms with Crippen LogP contribution in [0.15, 0.2) is 90.7 Å². The van der Waals surface area contributed by atoms with Crippen molar-refractivity contribution in [1.82, 2.24) is 25.2 Å². The molecule has 5 aromatic rings. The Kier molecular flexibility index (Phi) is 8.95. The predicted octanol–water partition coefficient (Wildman–Crippen LogP) is 5.93. The van der Waals surface area contributed by atoms with Crippen LogP contribution in [0.1, 0.15) is 77.1 Å². The van der Waals surface area contributed by atoms with E-state index in [1.54, 1.807) is 36.1 Å². The van der Waals surface area contributed by atoms with Crippen LogP contribution in [0.4, 0.5) is 5.69 Å². The minimum absolute atomic E-state index is 0.0428. The van der Waals surface area contributed by atoms with E-state index >= 15 is 0 Å². The van der Waals surface area contributed by atoms with Crippen LogP contribution >= 0.6 is 11.3 Å². The summed E-state index contributed by atoms with van der Waals surface area (Å²) in [5.41, 5.74) is 5.85. The number of carbonyl (C=O) groups excluding carboxylic acids is 4. The summed E-state index contributed by atoms with van der Waals surface area (Å²) in [6.45, 7) is 4.72. The second-order valence-corrected chi connectivity index (χ2v) is 14.8. The number of amides is 4. The Hall–Kier alpha value is -5.95. The van der Waals surface area contributed by atoms with Crippen LogP contribution < -0.4 is 20.1 Å². The van der Waals surface area contributed by atoms with Gasteiger partial charge in [0.05, 0.1) is 27.2 Å². The number of nitrogens with one attached hydrogen (secondary N) is 2. The van der Waals surface area contributed by atoms with Gasteiger partial charge in [-0.1, -0.05) is 38.1 Å². The van der Waals surface area contributed by atoms with Crippen molar-refractivity contribution in [2.24, 2.45) is 0 Å². The molecule has 2 fully saturated rings. The summed E-state index contributed by atoms with van der Waals surface area (Å²) < 4.78 is 12.3. The fourth-order valence-electron chi connectivity index (χ4n) is 6.93. The van der Waals surface area contributed by atoms with Crippen molar-refractivity contribution in [1.29, 1.82) is 0 Å². The second kappa shape index (κ2) is 13.9. The molecule has 1 saturated heterocycles. The first-order chi connectivity index (χ1) is 25.6. The molecule has 0 bridgehead atoms. The third-order valence-electron chi connectivity index (χ3n) is 10.1. The maximum Gasteiger partial charge on any atom is 0.262 e. The minimum atomic E-state index is -0.986. The van der Waals surface area contributed by atoms with Gasteiger partial charge in [-0.3, -0.25) is 34.4 Å². The summed E-state index contributed by atoms with van der Waals surface area (Å²) in [6, 6.07) is 22.4. The summed E-state index contributed by atoms with van der Waals surface area (Å²) in [5, 5.41) is 5.66. The van der Waals surface area contributed by atoms with Crippen LogP contribution in [-0.4, -0.2) is 61.7 Å². The number of rotatable bonds is 11. The molecular weight excluding hydrogens is 693 g/mol. The largest absolute Gasteiger partial charge is 0.490 e. The van der Waals surface area contributed by atoms with Crippen LogP contribution in [0.2, 0.25) is 0 Å². The highest BCUT2D eigenvalue weighted by atomic mass is 32.1. The predicted molar refractivity (Wildman–Crippen MR) is 197 cm³/mol. The van der Waals surface area contributed by atoms with Gasteiger partial charge in [-0.15, -0.1) is 11.3 Å². The van der Waals surface area contributed by atoms with E-state index in [9.17, 15) is 19.2 Å². The molecule has 2 aromatic heterocycles. The molecule has 1 aliphatic carbocycles. The Bertz CT molecular complexity index is 2200. The van der Waals surface area contributed by atoms with E-state index in [1.165, 1.54) is 11.3 Å². The number of hydrogen-bond donors (Lipinski definition) is 2. The number of hydrogen-bond acceptors (Lipinski definition) is 11. The molecule has 1 unspecified atom stereocenters. The normalized spacial score (nSPS) is 19.7. The Balaban J connectivity index is 0.823. The number of fused-ring (bicyclic) bond motifs is 1. The van der Waals surface area contributed by atoms with Gasteiger partial charge in [0, 0.05) is 48.8 Å². The number of anilines is 1. The van der Waals surface area contributed by atoms with Crippen molar-refractivity contribution >= 4 is 40.7 Å².